The van der Waals surface area contributed by atoms with Gasteiger partial charge in [-0.15, -0.1) is 0 Å². The van der Waals surface area contributed by atoms with Crippen LogP contribution in [0.3, 0.4) is 0 Å². The van der Waals surface area contributed by atoms with Crippen molar-refractivity contribution >= 4 is 16.2 Å². The van der Waals surface area contributed by atoms with Gasteiger partial charge in [0.05, 0.1) is 0 Å². The summed E-state index contributed by atoms with van der Waals surface area (Å²) in [4.78, 5) is 9.96. The van der Waals surface area contributed by atoms with E-state index in [1.54, 1.807) is 0 Å². The molecule has 0 aliphatic heterocycles. The zero-order chi connectivity index (χ0) is 22.4. The van der Waals surface area contributed by atoms with E-state index in [0.717, 1.165) is 37.8 Å². The first-order valence-corrected chi connectivity index (χ1v) is 11.1. The standard InChI is InChI=1S/C20H19F7O2S/c1-12-2-4-13(5-3-12)14-10-17(21)19(18(22)11-14)20(28)29-15-6-8-16(9-7-15)30(23,24,25,26)27/h6-13H,2-5H2,1H3. The van der Waals surface area contributed by atoms with Crippen LogP contribution in [0.15, 0.2) is 41.3 Å². The maximum atomic E-state index is 14.4. The molecule has 1 aliphatic carbocycles. The molecular formula is C20H19F7O2S. The molecule has 0 heterocycles. The third-order valence-electron chi connectivity index (χ3n) is 5.24. The molecule has 2 nitrogen and oxygen atoms in total. The molecule has 0 aromatic heterocycles. The Bertz CT molecular complexity index is 941. The number of ether oxygens (including phenoxy) is 1. The fraction of sp³-hybridized carbons (Fsp3) is 0.350. The van der Waals surface area contributed by atoms with Crippen molar-refractivity contribution in [1.29, 1.82) is 0 Å². The van der Waals surface area contributed by atoms with Gasteiger partial charge in [-0.3, -0.25) is 0 Å². The van der Waals surface area contributed by atoms with E-state index in [0.29, 0.717) is 23.6 Å². The molecule has 0 radical (unpaired) electrons. The molecule has 1 fully saturated rings. The first-order valence-electron chi connectivity index (χ1n) is 9.19. The first-order chi connectivity index (χ1) is 13.6. The van der Waals surface area contributed by atoms with Crippen molar-refractivity contribution in [2.24, 2.45) is 5.92 Å². The highest BCUT2D eigenvalue weighted by atomic mass is 32.5. The van der Waals surface area contributed by atoms with E-state index in [-0.39, 0.29) is 18.1 Å². The van der Waals surface area contributed by atoms with E-state index in [2.05, 4.69) is 11.7 Å². The van der Waals surface area contributed by atoms with Crippen molar-refractivity contribution in [3.63, 3.8) is 0 Å². The monoisotopic (exact) mass is 456 g/mol. The van der Waals surface area contributed by atoms with Crippen LogP contribution in [0, 0.1) is 17.6 Å². The van der Waals surface area contributed by atoms with Crippen LogP contribution in [0.1, 0.15) is 54.4 Å². The summed E-state index contributed by atoms with van der Waals surface area (Å²) < 4.78 is 97.1. The molecule has 1 aliphatic rings. The second-order valence-electron chi connectivity index (χ2n) is 7.65. The lowest BCUT2D eigenvalue weighted by Crippen LogP contribution is -2.16. The lowest BCUT2D eigenvalue weighted by Gasteiger charge is -2.40. The van der Waals surface area contributed by atoms with E-state index in [4.69, 9.17) is 0 Å². The topological polar surface area (TPSA) is 26.3 Å². The number of halogens is 7. The predicted molar refractivity (Wildman–Crippen MR) is 99.5 cm³/mol. The third kappa shape index (κ3) is 5.08. The Kier molecular flexibility index (Phi) is 5.16. The molecule has 0 N–H and O–H groups in total. The average Bonchev–Trinajstić information content (AvgIpc) is 2.60. The lowest BCUT2D eigenvalue weighted by atomic mass is 9.79. The van der Waals surface area contributed by atoms with Crippen LogP contribution in [0.25, 0.3) is 0 Å². The highest BCUT2D eigenvalue weighted by Gasteiger charge is 2.65. The van der Waals surface area contributed by atoms with Gasteiger partial charge >= 0.3 is 16.2 Å². The van der Waals surface area contributed by atoms with Gasteiger partial charge in [0.15, 0.2) is 0 Å². The maximum Gasteiger partial charge on any atom is 0.349 e. The predicted octanol–water partition coefficient (Wildman–Crippen LogP) is 8.14. The van der Waals surface area contributed by atoms with E-state index in [9.17, 15) is 33.0 Å². The fourth-order valence-electron chi connectivity index (χ4n) is 3.54. The van der Waals surface area contributed by atoms with Crippen LogP contribution >= 0.6 is 10.2 Å². The summed E-state index contributed by atoms with van der Waals surface area (Å²) in [6.45, 7) is 2.10. The number of carbonyl (C=O) groups excluding carboxylic acids is 1. The van der Waals surface area contributed by atoms with Crippen LogP contribution in [0.4, 0.5) is 28.2 Å². The van der Waals surface area contributed by atoms with Gasteiger partial charge in [0.25, 0.3) is 0 Å². The van der Waals surface area contributed by atoms with E-state index >= 15 is 0 Å². The molecule has 2 aromatic rings. The second-order valence-corrected chi connectivity index (χ2v) is 10.1. The summed E-state index contributed by atoms with van der Waals surface area (Å²) in [5.41, 5.74) is -0.576. The number of esters is 1. The van der Waals surface area contributed by atoms with Gasteiger partial charge in [-0.25, -0.2) is 13.6 Å². The molecule has 3 rings (SSSR count). The Morgan fingerprint density at radius 3 is 1.87 bits per heavy atom. The van der Waals surface area contributed by atoms with Crippen LogP contribution in [-0.2, 0) is 0 Å². The highest BCUT2D eigenvalue weighted by molar-refractivity contribution is 8.45. The molecule has 0 spiro atoms. The lowest BCUT2D eigenvalue weighted by molar-refractivity contribution is 0.0724. The Labute approximate surface area is 168 Å². The van der Waals surface area contributed by atoms with Crippen LogP contribution in [-0.4, -0.2) is 5.97 Å². The zero-order valence-electron chi connectivity index (χ0n) is 15.8. The third-order valence-corrected chi connectivity index (χ3v) is 6.40. The largest absolute Gasteiger partial charge is 0.423 e. The molecule has 1 saturated carbocycles. The summed E-state index contributed by atoms with van der Waals surface area (Å²) in [6.07, 6.45) is 3.38. The van der Waals surface area contributed by atoms with Crippen molar-refractivity contribution in [1.82, 2.24) is 0 Å². The van der Waals surface area contributed by atoms with Crippen LogP contribution < -0.4 is 4.74 Å². The maximum absolute atomic E-state index is 14.4. The first kappa shape index (κ1) is 22.5. The molecule has 0 bridgehead atoms. The summed E-state index contributed by atoms with van der Waals surface area (Å²) >= 11 is 0. The summed E-state index contributed by atoms with van der Waals surface area (Å²) in [5, 5.41) is 0. The number of hydrogen-bond donors (Lipinski definition) is 0. The van der Waals surface area contributed by atoms with E-state index < -0.39 is 44.0 Å². The Balaban J connectivity index is 1.79. The van der Waals surface area contributed by atoms with Gasteiger partial charge in [0.2, 0.25) is 0 Å². The minimum Gasteiger partial charge on any atom is -0.423 e. The quantitative estimate of drug-likeness (QED) is 0.264. The molecule has 0 unspecified atom stereocenters. The Morgan fingerprint density at radius 1 is 0.900 bits per heavy atom. The Morgan fingerprint density at radius 2 is 1.40 bits per heavy atom. The van der Waals surface area contributed by atoms with Crippen LogP contribution in [0.5, 0.6) is 5.75 Å². The molecule has 0 amide bonds. The normalized spacial score (nSPS) is 22.1. The average molecular weight is 456 g/mol. The van der Waals surface area contributed by atoms with Gasteiger partial charge in [0, 0.05) is 0 Å². The number of benzene rings is 2. The molecule has 2 aromatic carbocycles. The smallest absolute Gasteiger partial charge is 0.349 e. The van der Waals surface area contributed by atoms with Crippen molar-refractivity contribution in [2.45, 2.75) is 43.4 Å². The SMILES string of the molecule is CC1CCC(c2cc(F)c(C(=O)Oc3ccc(S(F)(F)(F)(F)F)cc3)c(F)c2)CC1. The van der Waals surface area contributed by atoms with Gasteiger partial charge < -0.3 is 4.74 Å². The molecule has 10 heteroatoms. The number of rotatable bonds is 4. The number of carbonyl (C=O) groups is 1. The minimum atomic E-state index is -9.88. The van der Waals surface area contributed by atoms with Crippen molar-refractivity contribution in [2.75, 3.05) is 0 Å². The highest BCUT2D eigenvalue weighted by Crippen LogP contribution is 3.02. The van der Waals surface area contributed by atoms with E-state index in [1.165, 1.54) is 0 Å². The number of hydrogen-bond acceptors (Lipinski definition) is 2. The molecular weight excluding hydrogens is 437 g/mol. The molecule has 166 valence electrons. The molecule has 0 atom stereocenters. The second kappa shape index (κ2) is 6.90. The molecule has 30 heavy (non-hydrogen) atoms. The fourth-order valence-corrected chi connectivity index (χ4v) is 4.19. The Hall–Kier alpha value is -2.23. The minimum absolute atomic E-state index is 0.0326. The van der Waals surface area contributed by atoms with Crippen molar-refractivity contribution in [3.8, 4) is 5.75 Å². The van der Waals surface area contributed by atoms with E-state index in [1.807, 2.05) is 0 Å². The van der Waals surface area contributed by atoms with Crippen molar-refractivity contribution < 1.29 is 37.7 Å². The summed E-state index contributed by atoms with van der Waals surface area (Å²) in [7, 11) is -9.88. The van der Waals surface area contributed by atoms with Gasteiger partial charge in [-0.1, -0.05) is 39.2 Å². The van der Waals surface area contributed by atoms with Crippen LogP contribution in [0.2, 0.25) is 0 Å². The van der Waals surface area contributed by atoms with Crippen molar-refractivity contribution in [3.05, 3.63) is 59.2 Å². The summed E-state index contributed by atoms with van der Waals surface area (Å²) in [5.74, 6) is -3.84. The van der Waals surface area contributed by atoms with Gasteiger partial charge in [-0.2, -0.15) is 0 Å². The molecule has 0 saturated heterocycles. The summed E-state index contributed by atoms with van der Waals surface area (Å²) in [6, 6.07) is 3.17. The van der Waals surface area contributed by atoms with Gasteiger partial charge in [-0.05, 0) is 66.6 Å². The zero-order valence-corrected chi connectivity index (χ0v) is 16.6. The van der Waals surface area contributed by atoms with Gasteiger partial charge in [0.1, 0.15) is 27.8 Å².